The first kappa shape index (κ1) is 12.2. The Hall–Kier alpha value is -1.90. The molecule has 0 fully saturated rings. The monoisotopic (exact) mass is 222 g/mol. The van der Waals surface area contributed by atoms with E-state index < -0.39 is 5.41 Å². The van der Waals surface area contributed by atoms with Gasteiger partial charge >= 0.3 is 0 Å². The standard InChI is InChI=1S/C10H14N4O2/c1-3-10(2,6-11)9(15)12-5-4-8-13-7-16-14-8/h7H,3-5H2,1-2H3,(H,12,15). The maximum absolute atomic E-state index is 11.7. The maximum atomic E-state index is 11.7. The summed E-state index contributed by atoms with van der Waals surface area (Å²) in [6.07, 6.45) is 2.22. The number of carbonyl (C=O) groups excluding carboxylic acids is 1. The Balaban J connectivity index is 2.39. The third-order valence-corrected chi connectivity index (χ3v) is 2.50. The predicted molar refractivity (Wildman–Crippen MR) is 55.0 cm³/mol. The number of carbonyl (C=O) groups is 1. The molecule has 0 aliphatic rings. The largest absolute Gasteiger partial charge is 0.354 e. The topological polar surface area (TPSA) is 91.8 Å². The van der Waals surface area contributed by atoms with Gasteiger partial charge in [0.15, 0.2) is 5.82 Å². The van der Waals surface area contributed by atoms with Crippen LogP contribution >= 0.6 is 0 Å². The van der Waals surface area contributed by atoms with Gasteiger partial charge < -0.3 is 9.84 Å². The van der Waals surface area contributed by atoms with Crippen molar-refractivity contribution in [2.45, 2.75) is 26.7 Å². The molecule has 1 heterocycles. The number of nitriles is 1. The van der Waals surface area contributed by atoms with Gasteiger partial charge in [-0.15, -0.1) is 0 Å². The van der Waals surface area contributed by atoms with Gasteiger partial charge in [-0.25, -0.2) is 0 Å². The average molecular weight is 222 g/mol. The summed E-state index contributed by atoms with van der Waals surface area (Å²) in [5.74, 6) is 0.274. The van der Waals surface area contributed by atoms with E-state index in [-0.39, 0.29) is 5.91 Å². The molecule has 1 N–H and O–H groups in total. The van der Waals surface area contributed by atoms with E-state index in [4.69, 9.17) is 5.26 Å². The molecule has 0 aromatic carbocycles. The van der Waals surface area contributed by atoms with Gasteiger partial charge in [0.1, 0.15) is 5.41 Å². The average Bonchev–Trinajstić information content (AvgIpc) is 2.80. The maximum Gasteiger partial charge on any atom is 0.240 e. The van der Waals surface area contributed by atoms with Crippen LogP contribution in [0.25, 0.3) is 0 Å². The first-order chi connectivity index (χ1) is 7.62. The highest BCUT2D eigenvalue weighted by Crippen LogP contribution is 2.19. The van der Waals surface area contributed by atoms with Crippen molar-refractivity contribution >= 4 is 5.91 Å². The Morgan fingerprint density at radius 1 is 1.75 bits per heavy atom. The van der Waals surface area contributed by atoms with Gasteiger partial charge in [-0.05, 0) is 13.3 Å². The zero-order valence-corrected chi connectivity index (χ0v) is 9.36. The van der Waals surface area contributed by atoms with E-state index in [9.17, 15) is 4.79 Å². The fraction of sp³-hybridized carbons (Fsp3) is 0.600. The molecule has 1 unspecified atom stereocenters. The molecule has 0 saturated carbocycles. The highest BCUT2D eigenvalue weighted by Gasteiger charge is 2.30. The third kappa shape index (κ3) is 2.79. The van der Waals surface area contributed by atoms with Crippen molar-refractivity contribution in [2.24, 2.45) is 5.41 Å². The lowest BCUT2D eigenvalue weighted by Crippen LogP contribution is -2.38. The van der Waals surface area contributed by atoms with Crippen molar-refractivity contribution in [3.63, 3.8) is 0 Å². The second kappa shape index (κ2) is 5.26. The molecule has 6 nitrogen and oxygen atoms in total. The highest BCUT2D eigenvalue weighted by molar-refractivity contribution is 5.84. The van der Waals surface area contributed by atoms with Crippen LogP contribution in [0.4, 0.5) is 0 Å². The fourth-order valence-electron chi connectivity index (χ4n) is 1.08. The van der Waals surface area contributed by atoms with Gasteiger partial charge in [-0.2, -0.15) is 10.2 Å². The van der Waals surface area contributed by atoms with Crippen molar-refractivity contribution in [2.75, 3.05) is 6.54 Å². The summed E-state index contributed by atoms with van der Waals surface area (Å²) in [6.45, 7) is 3.83. The highest BCUT2D eigenvalue weighted by atomic mass is 16.5. The van der Waals surface area contributed by atoms with Crippen LogP contribution < -0.4 is 5.32 Å². The number of amides is 1. The van der Waals surface area contributed by atoms with Gasteiger partial charge in [0.05, 0.1) is 6.07 Å². The van der Waals surface area contributed by atoms with Gasteiger partial charge in [-0.3, -0.25) is 4.79 Å². The molecule has 6 heteroatoms. The minimum atomic E-state index is -0.961. The van der Waals surface area contributed by atoms with Crippen LogP contribution in [0.2, 0.25) is 0 Å². The SMILES string of the molecule is CCC(C)(C#N)C(=O)NCCc1ncon1. The molecule has 1 amide bonds. The summed E-state index contributed by atoms with van der Waals surface area (Å²) in [5.41, 5.74) is -0.961. The molecule has 86 valence electrons. The lowest BCUT2D eigenvalue weighted by Gasteiger charge is -2.17. The first-order valence-electron chi connectivity index (χ1n) is 5.07. The van der Waals surface area contributed by atoms with E-state index in [2.05, 4.69) is 20.0 Å². The molecular formula is C10H14N4O2. The van der Waals surface area contributed by atoms with E-state index >= 15 is 0 Å². The zero-order chi connectivity index (χ0) is 12.0. The van der Waals surface area contributed by atoms with Crippen molar-refractivity contribution in [3.8, 4) is 6.07 Å². The number of rotatable bonds is 5. The van der Waals surface area contributed by atoms with Crippen LogP contribution in [0, 0.1) is 16.7 Å². The Labute approximate surface area is 93.6 Å². The molecule has 0 aliphatic heterocycles. The van der Waals surface area contributed by atoms with Crippen molar-refractivity contribution in [3.05, 3.63) is 12.2 Å². The minimum Gasteiger partial charge on any atom is -0.354 e. The summed E-state index contributed by atoms with van der Waals surface area (Å²) in [7, 11) is 0. The quantitative estimate of drug-likeness (QED) is 0.790. The fourth-order valence-corrected chi connectivity index (χ4v) is 1.08. The molecule has 1 rings (SSSR count). The number of nitrogens with zero attached hydrogens (tertiary/aromatic N) is 3. The zero-order valence-electron chi connectivity index (χ0n) is 9.36. The van der Waals surface area contributed by atoms with E-state index in [0.29, 0.717) is 25.2 Å². The van der Waals surface area contributed by atoms with Crippen molar-refractivity contribution < 1.29 is 9.32 Å². The molecule has 0 aliphatic carbocycles. The van der Waals surface area contributed by atoms with Crippen LogP contribution in [-0.2, 0) is 11.2 Å². The second-order valence-electron chi connectivity index (χ2n) is 3.65. The van der Waals surface area contributed by atoms with Crippen LogP contribution in [-0.4, -0.2) is 22.6 Å². The summed E-state index contributed by atoms with van der Waals surface area (Å²) in [5, 5.41) is 15.2. The lowest BCUT2D eigenvalue weighted by molar-refractivity contribution is -0.127. The molecule has 16 heavy (non-hydrogen) atoms. The van der Waals surface area contributed by atoms with E-state index in [1.54, 1.807) is 6.92 Å². The Bertz CT molecular complexity index is 382. The second-order valence-corrected chi connectivity index (χ2v) is 3.65. The van der Waals surface area contributed by atoms with E-state index in [0.717, 1.165) is 0 Å². The molecule has 0 saturated heterocycles. The van der Waals surface area contributed by atoms with Gasteiger partial charge in [-0.1, -0.05) is 12.1 Å². The van der Waals surface area contributed by atoms with E-state index in [1.165, 1.54) is 6.39 Å². The molecule has 1 aromatic heterocycles. The Morgan fingerprint density at radius 3 is 3.00 bits per heavy atom. The Kier molecular flexibility index (Phi) is 4.00. The number of hydrogen-bond donors (Lipinski definition) is 1. The summed E-state index contributed by atoms with van der Waals surface area (Å²) in [4.78, 5) is 15.5. The molecule has 1 atom stereocenters. The smallest absolute Gasteiger partial charge is 0.240 e. The number of nitrogens with one attached hydrogen (secondary N) is 1. The van der Waals surface area contributed by atoms with Gasteiger partial charge in [0.25, 0.3) is 0 Å². The summed E-state index contributed by atoms with van der Waals surface area (Å²) >= 11 is 0. The van der Waals surface area contributed by atoms with Crippen LogP contribution in [0.1, 0.15) is 26.1 Å². The molecule has 0 radical (unpaired) electrons. The van der Waals surface area contributed by atoms with Crippen molar-refractivity contribution in [1.82, 2.24) is 15.5 Å². The predicted octanol–water partition coefficient (Wildman–Crippen LogP) is 0.668. The lowest BCUT2D eigenvalue weighted by atomic mass is 9.88. The molecule has 0 bridgehead atoms. The van der Waals surface area contributed by atoms with Crippen LogP contribution in [0.15, 0.2) is 10.9 Å². The van der Waals surface area contributed by atoms with Crippen molar-refractivity contribution in [1.29, 1.82) is 5.26 Å². The summed E-state index contributed by atoms with van der Waals surface area (Å²) < 4.78 is 4.56. The Morgan fingerprint density at radius 2 is 2.50 bits per heavy atom. The third-order valence-electron chi connectivity index (χ3n) is 2.50. The first-order valence-corrected chi connectivity index (χ1v) is 5.07. The van der Waals surface area contributed by atoms with Gasteiger partial charge in [0.2, 0.25) is 12.3 Å². The van der Waals surface area contributed by atoms with Crippen LogP contribution in [0.5, 0.6) is 0 Å². The van der Waals surface area contributed by atoms with E-state index in [1.807, 2.05) is 13.0 Å². The summed E-state index contributed by atoms with van der Waals surface area (Å²) in [6, 6.07) is 2.01. The minimum absolute atomic E-state index is 0.263. The normalized spacial score (nSPS) is 13.8. The van der Waals surface area contributed by atoms with Crippen LogP contribution in [0.3, 0.4) is 0 Å². The molecule has 0 spiro atoms. The van der Waals surface area contributed by atoms with Gasteiger partial charge in [0, 0.05) is 13.0 Å². The molecule has 1 aromatic rings. The molecular weight excluding hydrogens is 208 g/mol. The number of aromatic nitrogens is 2. The number of hydrogen-bond acceptors (Lipinski definition) is 5.